The number of rotatable bonds is 4. The van der Waals surface area contributed by atoms with E-state index in [1.165, 1.54) is 89.0 Å². The first-order valence-electron chi connectivity index (χ1n) is 24.4. The van der Waals surface area contributed by atoms with Gasteiger partial charge in [-0.1, -0.05) is 194 Å². The Hall–Kier alpha value is -8.98. The molecule has 2 nitrogen and oxygen atoms in total. The maximum atomic E-state index is 6.24. The fraction of sp³-hybridized carbons (Fsp3) is 0.0294. The summed E-state index contributed by atoms with van der Waals surface area (Å²) in [4.78, 5) is 2.50. The van der Waals surface area contributed by atoms with Crippen LogP contribution < -0.4 is 4.90 Å². The van der Waals surface area contributed by atoms with Crippen LogP contribution in [0.2, 0.25) is 0 Å². The summed E-state index contributed by atoms with van der Waals surface area (Å²) in [6.45, 7) is 0. The molecular formula is C68H41NO. The molecule has 1 aromatic heterocycles. The van der Waals surface area contributed by atoms with Crippen molar-refractivity contribution in [3.63, 3.8) is 0 Å². The summed E-state index contributed by atoms with van der Waals surface area (Å²) in [6, 6.07) is 93.1. The van der Waals surface area contributed by atoms with Gasteiger partial charge in [-0.15, -0.1) is 0 Å². The molecule has 12 aromatic rings. The maximum Gasteiger partial charge on any atom is 0.135 e. The minimum absolute atomic E-state index is 0.471. The first kappa shape index (κ1) is 38.0. The number of benzene rings is 11. The van der Waals surface area contributed by atoms with Gasteiger partial charge in [-0.2, -0.15) is 0 Å². The predicted molar refractivity (Wildman–Crippen MR) is 286 cm³/mol. The minimum atomic E-state index is -0.471. The summed E-state index contributed by atoms with van der Waals surface area (Å²) in [5, 5.41) is 2.26. The van der Waals surface area contributed by atoms with E-state index in [1.807, 2.05) is 12.1 Å². The van der Waals surface area contributed by atoms with E-state index in [2.05, 4.69) is 241 Å². The van der Waals surface area contributed by atoms with Crippen LogP contribution in [0.5, 0.6) is 0 Å². The molecule has 0 unspecified atom stereocenters. The van der Waals surface area contributed by atoms with E-state index in [4.69, 9.17) is 4.42 Å². The third-order valence-corrected chi connectivity index (χ3v) is 16.3. The lowest BCUT2D eigenvalue weighted by Gasteiger charge is -2.33. The molecule has 1 heterocycles. The Morgan fingerprint density at radius 3 is 1.03 bits per heavy atom. The Bertz CT molecular complexity index is 3890. The van der Waals surface area contributed by atoms with Crippen molar-refractivity contribution >= 4 is 39.0 Å². The van der Waals surface area contributed by atoms with Crippen molar-refractivity contribution in [1.82, 2.24) is 0 Å². The number of nitrogens with zero attached hydrogens (tertiary/aromatic N) is 1. The van der Waals surface area contributed by atoms with Gasteiger partial charge in [-0.3, -0.25) is 0 Å². The summed E-state index contributed by atoms with van der Waals surface area (Å²) in [5.41, 5.74) is 27.6. The number of furan rings is 1. The minimum Gasteiger partial charge on any atom is -0.456 e. The number of para-hydroxylation sites is 1. The number of hydrogen-bond acceptors (Lipinski definition) is 2. The smallest absolute Gasteiger partial charge is 0.135 e. The van der Waals surface area contributed by atoms with Gasteiger partial charge in [0.15, 0.2) is 0 Å². The number of hydrogen-bond donors (Lipinski definition) is 0. The molecule has 0 amide bonds. The highest BCUT2D eigenvalue weighted by molar-refractivity contribution is 6.06. The van der Waals surface area contributed by atoms with Crippen LogP contribution >= 0.6 is 0 Å². The van der Waals surface area contributed by atoms with Crippen molar-refractivity contribution in [2.75, 3.05) is 4.90 Å². The van der Waals surface area contributed by atoms with Gasteiger partial charge >= 0.3 is 0 Å². The zero-order valence-electron chi connectivity index (χ0n) is 38.0. The van der Waals surface area contributed by atoms with Gasteiger partial charge < -0.3 is 9.32 Å². The highest BCUT2D eigenvalue weighted by atomic mass is 16.3. The largest absolute Gasteiger partial charge is 0.456 e. The molecule has 0 saturated carbocycles. The Kier molecular flexibility index (Phi) is 7.51. The third-order valence-electron chi connectivity index (χ3n) is 16.3. The molecule has 0 saturated heterocycles. The van der Waals surface area contributed by atoms with Crippen LogP contribution in [0, 0.1) is 0 Å². The van der Waals surface area contributed by atoms with Crippen molar-refractivity contribution in [2.24, 2.45) is 0 Å². The van der Waals surface area contributed by atoms with Crippen LogP contribution in [0.25, 0.3) is 77.6 Å². The molecule has 4 aliphatic rings. The Balaban J connectivity index is 0.937. The van der Waals surface area contributed by atoms with Crippen LogP contribution in [0.1, 0.15) is 44.5 Å². The maximum absolute atomic E-state index is 6.24. The van der Waals surface area contributed by atoms with E-state index in [1.54, 1.807) is 0 Å². The number of anilines is 3. The molecule has 0 bridgehead atoms. The fourth-order valence-corrected chi connectivity index (χ4v) is 13.6. The van der Waals surface area contributed by atoms with Gasteiger partial charge in [0, 0.05) is 27.8 Å². The van der Waals surface area contributed by atoms with Gasteiger partial charge in [-0.05, 0) is 155 Å². The van der Waals surface area contributed by atoms with Crippen LogP contribution in [0.3, 0.4) is 0 Å². The molecule has 0 fully saturated rings. The lowest BCUT2D eigenvalue weighted by Crippen LogP contribution is -2.26. The quantitative estimate of drug-likeness (QED) is 0.175. The zero-order chi connectivity index (χ0) is 45.7. The average molecular weight is 888 g/mol. The van der Waals surface area contributed by atoms with Gasteiger partial charge in [0.05, 0.1) is 10.8 Å². The molecule has 4 aliphatic carbocycles. The topological polar surface area (TPSA) is 16.4 Å². The SMILES string of the molecule is c1ccc2c(c1)-c1ccccc1C21c2ccccc2-c2ccc(N(c3ccc(-c4ccc5oc6ccccc6c5c4)cc3)c3ccc4c(c3)C3(c5ccccc5-c5ccccc53)c3ccccc3-4)cc21. The second-order valence-corrected chi connectivity index (χ2v) is 19.4. The summed E-state index contributed by atoms with van der Waals surface area (Å²) in [7, 11) is 0. The summed E-state index contributed by atoms with van der Waals surface area (Å²) >= 11 is 0. The van der Waals surface area contributed by atoms with E-state index in [9.17, 15) is 0 Å². The molecule has 11 aromatic carbocycles. The van der Waals surface area contributed by atoms with Crippen molar-refractivity contribution in [2.45, 2.75) is 10.8 Å². The molecule has 2 spiro atoms. The van der Waals surface area contributed by atoms with E-state index >= 15 is 0 Å². The van der Waals surface area contributed by atoms with Crippen molar-refractivity contribution in [1.29, 1.82) is 0 Å². The van der Waals surface area contributed by atoms with Gasteiger partial charge in [-0.25, -0.2) is 0 Å². The predicted octanol–water partition coefficient (Wildman–Crippen LogP) is 17.4. The van der Waals surface area contributed by atoms with Crippen LogP contribution in [0.15, 0.2) is 253 Å². The van der Waals surface area contributed by atoms with Crippen molar-refractivity contribution in [3.8, 4) is 55.6 Å². The Morgan fingerprint density at radius 1 is 0.243 bits per heavy atom. The normalized spacial score (nSPS) is 14.2. The van der Waals surface area contributed by atoms with E-state index < -0.39 is 10.8 Å². The molecule has 16 rings (SSSR count). The Labute approximate surface area is 406 Å². The lowest BCUT2D eigenvalue weighted by atomic mass is 9.70. The fourth-order valence-electron chi connectivity index (χ4n) is 13.6. The lowest BCUT2D eigenvalue weighted by molar-refractivity contribution is 0.669. The summed E-state index contributed by atoms with van der Waals surface area (Å²) < 4.78 is 6.24. The summed E-state index contributed by atoms with van der Waals surface area (Å²) in [6.07, 6.45) is 0. The second kappa shape index (κ2) is 13.8. The molecule has 0 radical (unpaired) electrons. The van der Waals surface area contributed by atoms with E-state index in [0.29, 0.717) is 0 Å². The van der Waals surface area contributed by atoms with Crippen LogP contribution in [0.4, 0.5) is 17.1 Å². The van der Waals surface area contributed by atoms with Gasteiger partial charge in [0.2, 0.25) is 0 Å². The first-order chi connectivity index (χ1) is 34.7. The third kappa shape index (κ3) is 4.73. The molecule has 0 atom stereocenters. The first-order valence-corrected chi connectivity index (χ1v) is 24.4. The van der Waals surface area contributed by atoms with Crippen molar-refractivity contribution in [3.05, 3.63) is 293 Å². The van der Waals surface area contributed by atoms with Crippen molar-refractivity contribution < 1.29 is 4.42 Å². The van der Waals surface area contributed by atoms with Crippen LogP contribution in [-0.4, -0.2) is 0 Å². The van der Waals surface area contributed by atoms with E-state index in [-0.39, 0.29) is 0 Å². The molecule has 0 aliphatic heterocycles. The molecule has 0 N–H and O–H groups in total. The van der Waals surface area contributed by atoms with Gasteiger partial charge in [0.1, 0.15) is 11.2 Å². The highest BCUT2D eigenvalue weighted by Crippen LogP contribution is 2.65. The average Bonchev–Trinajstić information content (AvgIpc) is 4.21. The standard InChI is InChI=1S/C68H41NO/c1-8-22-57-47(15-1)48-16-2-9-23-58(48)67(57)61-26-12-5-19-51(61)53-36-34-45(40-63(53)67)69(44-32-29-42(30-33-44)43-31-38-66-56(39-43)55-21-7-14-28-65(55)70-66)46-35-37-54-52-20-6-13-27-62(52)68(64(54)41-46)59-24-10-3-17-49(59)50-18-4-11-25-60(50)68/h1-41H. The summed E-state index contributed by atoms with van der Waals surface area (Å²) in [5.74, 6) is 0. The monoisotopic (exact) mass is 887 g/mol. The molecule has 2 heteroatoms. The zero-order valence-corrected chi connectivity index (χ0v) is 38.0. The van der Waals surface area contributed by atoms with E-state index in [0.717, 1.165) is 50.1 Å². The highest BCUT2D eigenvalue weighted by Gasteiger charge is 2.53. The Morgan fingerprint density at radius 2 is 0.586 bits per heavy atom. The molecule has 324 valence electrons. The van der Waals surface area contributed by atoms with Crippen LogP contribution in [-0.2, 0) is 10.8 Å². The van der Waals surface area contributed by atoms with Gasteiger partial charge in [0.25, 0.3) is 0 Å². The second-order valence-electron chi connectivity index (χ2n) is 19.4. The molecule has 70 heavy (non-hydrogen) atoms. The number of fused-ring (bicyclic) bond motifs is 23. The molecular weight excluding hydrogens is 847 g/mol.